The van der Waals surface area contributed by atoms with Gasteiger partial charge in [-0.25, -0.2) is 0 Å². The average Bonchev–Trinajstić information content (AvgIpc) is 2.65. The Morgan fingerprint density at radius 1 is 0.769 bits per heavy atom. The van der Waals surface area contributed by atoms with E-state index in [2.05, 4.69) is 6.92 Å². The van der Waals surface area contributed by atoms with Crippen molar-refractivity contribution in [2.24, 2.45) is 0 Å². The standard InChI is InChI=1S/C19H38O7/c1-2-3-4-5-6-7-8-9-10-11-12-17(23)26-16(14-21)19(25)18(24)15(22)13-20/h15-16,18-22,24-25H,2-14H2,1H3/t15-,16-,18-,19-/m1/s1. The molecule has 0 spiro atoms. The van der Waals surface area contributed by atoms with E-state index in [1.54, 1.807) is 0 Å². The summed E-state index contributed by atoms with van der Waals surface area (Å²) in [6, 6.07) is 0. The SMILES string of the molecule is CCCCCCCCCCCCC(=O)O[C@H](CO)[C@@H](O)[C@H](O)[C@H](O)CO. The molecule has 0 amide bonds. The van der Waals surface area contributed by atoms with Crippen molar-refractivity contribution in [2.45, 2.75) is 102 Å². The van der Waals surface area contributed by atoms with Gasteiger partial charge >= 0.3 is 5.97 Å². The number of hydrogen-bond acceptors (Lipinski definition) is 7. The highest BCUT2D eigenvalue weighted by Crippen LogP contribution is 2.13. The van der Waals surface area contributed by atoms with Crippen LogP contribution in [0.1, 0.15) is 77.6 Å². The molecule has 0 aromatic heterocycles. The zero-order chi connectivity index (χ0) is 19.8. The van der Waals surface area contributed by atoms with E-state index in [4.69, 9.17) is 9.84 Å². The lowest BCUT2D eigenvalue weighted by Crippen LogP contribution is -2.48. The van der Waals surface area contributed by atoms with Gasteiger partial charge in [0.15, 0.2) is 6.10 Å². The Bertz CT molecular complexity index is 338. The van der Waals surface area contributed by atoms with E-state index in [0.717, 1.165) is 19.3 Å². The molecule has 7 nitrogen and oxygen atoms in total. The molecule has 7 heteroatoms. The highest BCUT2D eigenvalue weighted by Gasteiger charge is 2.33. The molecule has 5 N–H and O–H groups in total. The number of aliphatic hydroxyl groups is 5. The minimum Gasteiger partial charge on any atom is -0.457 e. The van der Waals surface area contributed by atoms with Crippen LogP contribution in [0.25, 0.3) is 0 Å². The first-order chi connectivity index (χ1) is 12.5. The van der Waals surface area contributed by atoms with Crippen LogP contribution >= 0.6 is 0 Å². The number of ether oxygens (including phenoxy) is 1. The Hall–Kier alpha value is -0.730. The van der Waals surface area contributed by atoms with E-state index in [0.29, 0.717) is 6.42 Å². The average molecular weight is 379 g/mol. The van der Waals surface area contributed by atoms with Crippen molar-refractivity contribution in [3.8, 4) is 0 Å². The number of esters is 1. The van der Waals surface area contributed by atoms with Gasteiger partial charge in [-0.05, 0) is 6.42 Å². The Balaban J connectivity index is 3.82. The minimum absolute atomic E-state index is 0.179. The first kappa shape index (κ1) is 25.3. The van der Waals surface area contributed by atoms with Gasteiger partial charge in [0.1, 0.15) is 18.3 Å². The molecule has 156 valence electrons. The maximum atomic E-state index is 11.8. The Morgan fingerprint density at radius 2 is 1.27 bits per heavy atom. The minimum atomic E-state index is -1.71. The van der Waals surface area contributed by atoms with Crippen molar-refractivity contribution in [1.82, 2.24) is 0 Å². The number of unbranched alkanes of at least 4 members (excludes halogenated alkanes) is 9. The van der Waals surface area contributed by atoms with Crippen molar-refractivity contribution < 1.29 is 35.1 Å². The van der Waals surface area contributed by atoms with E-state index in [9.17, 15) is 25.2 Å². The van der Waals surface area contributed by atoms with Gasteiger partial charge in [-0.3, -0.25) is 4.79 Å². The first-order valence-electron chi connectivity index (χ1n) is 9.93. The van der Waals surface area contributed by atoms with E-state index >= 15 is 0 Å². The molecule has 0 aromatic carbocycles. The van der Waals surface area contributed by atoms with Crippen LogP contribution in [0.4, 0.5) is 0 Å². The van der Waals surface area contributed by atoms with Crippen molar-refractivity contribution >= 4 is 5.97 Å². The van der Waals surface area contributed by atoms with E-state index in [1.165, 1.54) is 38.5 Å². The summed E-state index contributed by atoms with van der Waals surface area (Å²) in [4.78, 5) is 11.8. The fourth-order valence-electron chi connectivity index (χ4n) is 2.76. The van der Waals surface area contributed by atoms with Gasteiger partial charge in [-0.15, -0.1) is 0 Å². The smallest absolute Gasteiger partial charge is 0.306 e. The lowest BCUT2D eigenvalue weighted by Gasteiger charge is -2.27. The summed E-state index contributed by atoms with van der Waals surface area (Å²) in [5.41, 5.74) is 0. The first-order valence-corrected chi connectivity index (χ1v) is 9.93. The van der Waals surface area contributed by atoms with Gasteiger partial charge in [0.05, 0.1) is 13.2 Å². The lowest BCUT2D eigenvalue weighted by atomic mass is 10.0. The van der Waals surface area contributed by atoms with Gasteiger partial charge in [0.2, 0.25) is 0 Å². The predicted octanol–water partition coefficient (Wildman–Crippen LogP) is 1.28. The zero-order valence-electron chi connectivity index (χ0n) is 16.1. The molecule has 0 fully saturated rings. The summed E-state index contributed by atoms with van der Waals surface area (Å²) in [5.74, 6) is -0.562. The van der Waals surface area contributed by atoms with Crippen LogP contribution in [-0.2, 0) is 9.53 Å². The molecule has 0 saturated heterocycles. The number of aliphatic hydroxyl groups excluding tert-OH is 5. The largest absolute Gasteiger partial charge is 0.457 e. The van der Waals surface area contributed by atoms with Gasteiger partial charge in [-0.1, -0.05) is 64.7 Å². The second-order valence-corrected chi connectivity index (χ2v) is 6.87. The van der Waals surface area contributed by atoms with Crippen molar-refractivity contribution in [2.75, 3.05) is 13.2 Å². The third-order valence-corrected chi connectivity index (χ3v) is 4.51. The fourth-order valence-corrected chi connectivity index (χ4v) is 2.76. The quantitative estimate of drug-likeness (QED) is 0.190. The summed E-state index contributed by atoms with van der Waals surface area (Å²) in [6.45, 7) is 0.776. The number of hydrogen-bond donors (Lipinski definition) is 5. The molecule has 0 bridgehead atoms. The Morgan fingerprint density at radius 3 is 1.73 bits per heavy atom. The molecule has 4 atom stereocenters. The fraction of sp³-hybridized carbons (Fsp3) is 0.947. The monoisotopic (exact) mass is 378 g/mol. The molecule has 0 aliphatic carbocycles. The van der Waals surface area contributed by atoms with E-state index in [1.807, 2.05) is 0 Å². The number of carbonyl (C=O) groups excluding carboxylic acids is 1. The van der Waals surface area contributed by atoms with Crippen LogP contribution in [0.2, 0.25) is 0 Å². The summed E-state index contributed by atoms with van der Waals surface area (Å²) in [6.07, 6.45) is 5.36. The third-order valence-electron chi connectivity index (χ3n) is 4.51. The van der Waals surface area contributed by atoms with Crippen LogP contribution in [0.3, 0.4) is 0 Å². The third kappa shape index (κ3) is 11.8. The number of rotatable bonds is 17. The van der Waals surface area contributed by atoms with Crippen molar-refractivity contribution in [1.29, 1.82) is 0 Å². The van der Waals surface area contributed by atoms with Crippen LogP contribution in [0, 0.1) is 0 Å². The zero-order valence-corrected chi connectivity index (χ0v) is 16.1. The maximum Gasteiger partial charge on any atom is 0.306 e. The highest BCUT2D eigenvalue weighted by atomic mass is 16.6. The van der Waals surface area contributed by atoms with Crippen LogP contribution in [0.5, 0.6) is 0 Å². The number of carbonyl (C=O) groups is 1. The van der Waals surface area contributed by atoms with Gasteiger partial charge in [-0.2, -0.15) is 0 Å². The molecule has 0 aliphatic rings. The molecule has 0 aliphatic heterocycles. The molecule has 26 heavy (non-hydrogen) atoms. The summed E-state index contributed by atoms with van der Waals surface area (Å²) < 4.78 is 4.97. The topological polar surface area (TPSA) is 127 Å². The van der Waals surface area contributed by atoms with Gasteiger partial charge in [0, 0.05) is 6.42 Å². The molecule has 0 aromatic rings. The van der Waals surface area contributed by atoms with Gasteiger partial charge < -0.3 is 30.3 Å². The van der Waals surface area contributed by atoms with E-state index < -0.39 is 43.6 Å². The van der Waals surface area contributed by atoms with Crippen molar-refractivity contribution in [3.05, 3.63) is 0 Å². The van der Waals surface area contributed by atoms with Gasteiger partial charge in [0.25, 0.3) is 0 Å². The Kier molecular flexibility index (Phi) is 16.0. The second kappa shape index (κ2) is 16.4. The molecule has 0 saturated carbocycles. The Labute approximate surface area is 157 Å². The van der Waals surface area contributed by atoms with E-state index in [-0.39, 0.29) is 6.42 Å². The summed E-state index contributed by atoms with van der Waals surface area (Å²) in [5, 5.41) is 46.7. The second-order valence-electron chi connectivity index (χ2n) is 6.87. The molecule has 0 unspecified atom stereocenters. The molecular formula is C19H38O7. The van der Waals surface area contributed by atoms with Crippen molar-refractivity contribution in [3.63, 3.8) is 0 Å². The molecular weight excluding hydrogens is 340 g/mol. The molecule has 0 radical (unpaired) electrons. The summed E-state index contributed by atoms with van der Waals surface area (Å²) in [7, 11) is 0. The maximum absolute atomic E-state index is 11.8. The summed E-state index contributed by atoms with van der Waals surface area (Å²) >= 11 is 0. The van der Waals surface area contributed by atoms with Crippen LogP contribution < -0.4 is 0 Å². The van der Waals surface area contributed by atoms with Crippen LogP contribution in [-0.4, -0.2) is 69.1 Å². The highest BCUT2D eigenvalue weighted by molar-refractivity contribution is 5.69. The lowest BCUT2D eigenvalue weighted by molar-refractivity contribution is -0.171. The normalized spacial score (nSPS) is 16.1. The molecule has 0 rings (SSSR count). The van der Waals surface area contributed by atoms with Crippen LogP contribution in [0.15, 0.2) is 0 Å². The predicted molar refractivity (Wildman–Crippen MR) is 98.5 cm³/mol. The molecule has 0 heterocycles.